The normalized spacial score (nSPS) is 12.4. The summed E-state index contributed by atoms with van der Waals surface area (Å²) in [7, 11) is 0. The van der Waals surface area contributed by atoms with Crippen LogP contribution in [-0.2, 0) is 6.42 Å². The van der Waals surface area contributed by atoms with Gasteiger partial charge in [-0.15, -0.1) is 0 Å². The lowest BCUT2D eigenvalue weighted by atomic mass is 9.90. The monoisotopic (exact) mass is 231 g/mol. The van der Waals surface area contributed by atoms with Gasteiger partial charge in [0, 0.05) is 0 Å². The molecule has 17 heavy (non-hydrogen) atoms. The third-order valence-corrected chi connectivity index (χ3v) is 3.25. The van der Waals surface area contributed by atoms with Crippen molar-refractivity contribution in [3.63, 3.8) is 0 Å². The van der Waals surface area contributed by atoms with Gasteiger partial charge in [0.15, 0.2) is 0 Å². The minimum atomic E-state index is 0.790. The fraction of sp³-hybridized carbons (Fsp3) is 0.500. The first kappa shape index (κ1) is 14.0. The van der Waals surface area contributed by atoms with Crippen LogP contribution in [0.2, 0.25) is 0 Å². The molecule has 2 N–H and O–H groups in total. The summed E-state index contributed by atoms with van der Waals surface area (Å²) in [6.07, 6.45) is 8.05. The first-order valence-corrected chi connectivity index (χ1v) is 6.71. The Morgan fingerprint density at radius 3 is 2.47 bits per heavy atom. The molecule has 0 fully saturated rings. The quantitative estimate of drug-likeness (QED) is 0.718. The molecule has 1 aromatic rings. The summed E-state index contributed by atoms with van der Waals surface area (Å²) in [6, 6.07) is 8.74. The van der Waals surface area contributed by atoms with E-state index < -0.39 is 0 Å². The number of rotatable bonds is 8. The molecule has 1 rings (SSSR count). The Morgan fingerprint density at radius 1 is 1.24 bits per heavy atom. The molecule has 0 aromatic heterocycles. The molecule has 0 aliphatic heterocycles. The molecular weight excluding hydrogens is 206 g/mol. The number of hydrogen-bond acceptors (Lipinski definition) is 1. The van der Waals surface area contributed by atoms with Gasteiger partial charge in [0.1, 0.15) is 0 Å². The highest BCUT2D eigenvalue weighted by Crippen LogP contribution is 2.19. The first-order valence-electron chi connectivity index (χ1n) is 6.71. The molecule has 0 aliphatic rings. The van der Waals surface area contributed by atoms with Crippen molar-refractivity contribution in [2.45, 2.75) is 39.0 Å². The lowest BCUT2D eigenvalue weighted by Gasteiger charge is -2.15. The molecular formula is C16H25N. The average Bonchev–Trinajstić information content (AvgIpc) is 2.37. The van der Waals surface area contributed by atoms with Crippen LogP contribution in [0.25, 0.3) is 6.08 Å². The highest BCUT2D eigenvalue weighted by atomic mass is 14.5. The van der Waals surface area contributed by atoms with Gasteiger partial charge in [-0.25, -0.2) is 0 Å². The molecule has 1 atom stereocenters. The molecule has 0 radical (unpaired) electrons. The van der Waals surface area contributed by atoms with E-state index >= 15 is 0 Å². The van der Waals surface area contributed by atoms with Gasteiger partial charge in [0.2, 0.25) is 0 Å². The number of hydrogen-bond donors (Lipinski definition) is 1. The summed E-state index contributed by atoms with van der Waals surface area (Å²) >= 11 is 0. The van der Waals surface area contributed by atoms with Crippen molar-refractivity contribution in [3.8, 4) is 0 Å². The lowest BCUT2D eigenvalue weighted by molar-refractivity contribution is 0.432. The number of nitrogens with two attached hydrogens (primary N) is 1. The van der Waals surface area contributed by atoms with Crippen molar-refractivity contribution in [1.29, 1.82) is 0 Å². The topological polar surface area (TPSA) is 26.0 Å². The van der Waals surface area contributed by atoms with E-state index in [0.717, 1.165) is 18.9 Å². The first-order chi connectivity index (χ1) is 8.30. The van der Waals surface area contributed by atoms with Crippen LogP contribution in [0.3, 0.4) is 0 Å². The van der Waals surface area contributed by atoms with E-state index in [4.69, 9.17) is 5.73 Å². The number of benzene rings is 1. The van der Waals surface area contributed by atoms with Gasteiger partial charge >= 0.3 is 0 Å². The SMILES string of the molecule is C=Cc1ccc(CC(CCC)CCCN)cc1. The van der Waals surface area contributed by atoms with E-state index in [1.54, 1.807) is 0 Å². The maximum absolute atomic E-state index is 5.59. The molecule has 94 valence electrons. The standard InChI is InChI=1S/C16H25N/c1-3-6-15(7-5-12-17)13-16-10-8-14(4-2)9-11-16/h4,8-11,15H,2-3,5-7,12-13,17H2,1H3. The fourth-order valence-electron chi connectivity index (χ4n) is 2.29. The molecule has 1 aromatic carbocycles. The third-order valence-electron chi connectivity index (χ3n) is 3.25. The van der Waals surface area contributed by atoms with Gasteiger partial charge in [0.25, 0.3) is 0 Å². The van der Waals surface area contributed by atoms with Crippen molar-refractivity contribution in [1.82, 2.24) is 0 Å². The zero-order valence-corrected chi connectivity index (χ0v) is 11.0. The second-order valence-electron chi connectivity index (χ2n) is 4.74. The van der Waals surface area contributed by atoms with Crippen LogP contribution in [-0.4, -0.2) is 6.54 Å². The highest BCUT2D eigenvalue weighted by molar-refractivity contribution is 5.47. The Bertz CT molecular complexity index is 313. The fourth-order valence-corrected chi connectivity index (χ4v) is 2.29. The van der Waals surface area contributed by atoms with Crippen LogP contribution in [0.5, 0.6) is 0 Å². The van der Waals surface area contributed by atoms with Crippen molar-refractivity contribution in [2.24, 2.45) is 11.7 Å². The molecule has 0 amide bonds. The summed E-state index contributed by atoms with van der Waals surface area (Å²) in [5.74, 6) is 0.790. The van der Waals surface area contributed by atoms with Crippen molar-refractivity contribution >= 4 is 6.08 Å². The van der Waals surface area contributed by atoms with Gasteiger partial charge in [0.05, 0.1) is 0 Å². The molecule has 0 bridgehead atoms. The van der Waals surface area contributed by atoms with E-state index in [-0.39, 0.29) is 0 Å². The molecule has 1 heteroatoms. The van der Waals surface area contributed by atoms with E-state index in [2.05, 4.69) is 37.8 Å². The molecule has 1 unspecified atom stereocenters. The van der Waals surface area contributed by atoms with E-state index in [1.165, 1.54) is 36.8 Å². The molecule has 1 nitrogen and oxygen atoms in total. The van der Waals surface area contributed by atoms with E-state index in [1.807, 2.05) is 6.08 Å². The largest absolute Gasteiger partial charge is 0.330 e. The molecule has 0 heterocycles. The van der Waals surface area contributed by atoms with Crippen LogP contribution in [0.4, 0.5) is 0 Å². The predicted octanol–water partition coefficient (Wildman–Crippen LogP) is 4.03. The zero-order chi connectivity index (χ0) is 12.5. The van der Waals surface area contributed by atoms with Crippen LogP contribution >= 0.6 is 0 Å². The minimum Gasteiger partial charge on any atom is -0.330 e. The Kier molecular flexibility index (Phi) is 6.64. The van der Waals surface area contributed by atoms with E-state index in [0.29, 0.717) is 0 Å². The third kappa shape index (κ3) is 5.18. The average molecular weight is 231 g/mol. The van der Waals surface area contributed by atoms with Gasteiger partial charge in [-0.05, 0) is 42.9 Å². The summed E-state index contributed by atoms with van der Waals surface area (Å²) in [5.41, 5.74) is 8.23. The Morgan fingerprint density at radius 2 is 1.94 bits per heavy atom. The van der Waals surface area contributed by atoms with Gasteiger partial charge in [-0.1, -0.05) is 56.7 Å². The van der Waals surface area contributed by atoms with Crippen LogP contribution in [0, 0.1) is 5.92 Å². The van der Waals surface area contributed by atoms with Gasteiger partial charge in [-0.2, -0.15) is 0 Å². The molecule has 0 saturated carbocycles. The van der Waals surface area contributed by atoms with Crippen LogP contribution < -0.4 is 5.73 Å². The molecule has 0 saturated heterocycles. The molecule has 0 aliphatic carbocycles. The zero-order valence-electron chi connectivity index (χ0n) is 11.0. The van der Waals surface area contributed by atoms with Crippen molar-refractivity contribution in [3.05, 3.63) is 42.0 Å². The summed E-state index contributed by atoms with van der Waals surface area (Å²) in [4.78, 5) is 0. The lowest BCUT2D eigenvalue weighted by Crippen LogP contribution is -2.08. The second-order valence-corrected chi connectivity index (χ2v) is 4.74. The van der Waals surface area contributed by atoms with Crippen molar-refractivity contribution < 1.29 is 0 Å². The Balaban J connectivity index is 2.54. The summed E-state index contributed by atoms with van der Waals surface area (Å²) in [5, 5.41) is 0. The maximum atomic E-state index is 5.59. The van der Waals surface area contributed by atoms with Crippen molar-refractivity contribution in [2.75, 3.05) is 6.54 Å². The maximum Gasteiger partial charge on any atom is -0.00772 e. The highest BCUT2D eigenvalue weighted by Gasteiger charge is 2.08. The summed E-state index contributed by atoms with van der Waals surface area (Å²) < 4.78 is 0. The van der Waals surface area contributed by atoms with Gasteiger partial charge in [-0.3, -0.25) is 0 Å². The predicted molar refractivity (Wildman–Crippen MR) is 76.9 cm³/mol. The second kappa shape index (κ2) is 8.08. The van der Waals surface area contributed by atoms with Crippen LogP contribution in [0.15, 0.2) is 30.8 Å². The molecule has 0 spiro atoms. The summed E-state index contributed by atoms with van der Waals surface area (Å²) in [6.45, 7) is 6.85. The minimum absolute atomic E-state index is 0.790. The Hall–Kier alpha value is -1.08. The Labute approximate surface area is 106 Å². The van der Waals surface area contributed by atoms with Gasteiger partial charge < -0.3 is 5.73 Å². The van der Waals surface area contributed by atoms with Crippen LogP contribution in [0.1, 0.15) is 43.7 Å². The van der Waals surface area contributed by atoms with E-state index in [9.17, 15) is 0 Å². The smallest absolute Gasteiger partial charge is 0.00772 e.